The van der Waals surface area contributed by atoms with Crippen molar-refractivity contribution in [3.05, 3.63) is 23.4 Å². The second-order valence-corrected chi connectivity index (χ2v) is 4.16. The zero-order valence-corrected chi connectivity index (χ0v) is 9.48. The molecule has 1 atom stereocenters. The van der Waals surface area contributed by atoms with E-state index in [-0.39, 0.29) is 0 Å². The maximum atomic E-state index is 9.17. The van der Waals surface area contributed by atoms with Crippen LogP contribution in [0.5, 0.6) is 0 Å². The number of pyridine rings is 1. The molecule has 1 unspecified atom stereocenters. The van der Waals surface area contributed by atoms with Gasteiger partial charge in [0.05, 0.1) is 5.56 Å². The van der Waals surface area contributed by atoms with Crippen molar-refractivity contribution in [3.8, 4) is 6.07 Å². The van der Waals surface area contributed by atoms with Crippen LogP contribution in [0.2, 0.25) is 0 Å². The van der Waals surface area contributed by atoms with E-state index in [9.17, 15) is 5.26 Å². The molecule has 0 aliphatic carbocycles. The second-order valence-electron chi connectivity index (χ2n) is 4.16. The summed E-state index contributed by atoms with van der Waals surface area (Å²) in [6.45, 7) is 3.52. The van der Waals surface area contributed by atoms with Crippen LogP contribution >= 0.6 is 0 Å². The van der Waals surface area contributed by atoms with Crippen LogP contribution in [0.3, 0.4) is 0 Å². The predicted molar refractivity (Wildman–Crippen MR) is 63.1 cm³/mol. The van der Waals surface area contributed by atoms with Crippen LogP contribution in [-0.4, -0.2) is 24.1 Å². The quantitative estimate of drug-likeness (QED) is 0.806. The number of nitriles is 1. The predicted octanol–water partition coefficient (Wildman–Crippen LogP) is 1.19. The highest BCUT2D eigenvalue weighted by atomic mass is 15.2. The lowest BCUT2D eigenvalue weighted by Crippen LogP contribution is -2.36. The molecule has 1 fully saturated rings. The number of aromatic nitrogens is 1. The number of nitrogens with zero attached hydrogens (tertiary/aromatic N) is 3. The van der Waals surface area contributed by atoms with E-state index in [2.05, 4.69) is 16.0 Å². The summed E-state index contributed by atoms with van der Waals surface area (Å²) >= 11 is 0. The summed E-state index contributed by atoms with van der Waals surface area (Å²) < 4.78 is 0. The topological polar surface area (TPSA) is 65.9 Å². The molecule has 2 rings (SSSR count). The van der Waals surface area contributed by atoms with Crippen LogP contribution in [0.25, 0.3) is 0 Å². The third-order valence-corrected chi connectivity index (χ3v) is 3.17. The highest BCUT2D eigenvalue weighted by Gasteiger charge is 2.26. The van der Waals surface area contributed by atoms with Crippen molar-refractivity contribution in [2.75, 3.05) is 18.0 Å². The molecular formula is C12H16N4. The Kier molecular flexibility index (Phi) is 3.07. The second kappa shape index (κ2) is 4.50. The molecule has 2 N–H and O–H groups in total. The zero-order chi connectivity index (χ0) is 11.5. The first-order valence-electron chi connectivity index (χ1n) is 5.60. The van der Waals surface area contributed by atoms with Crippen LogP contribution in [0.4, 0.5) is 5.82 Å². The summed E-state index contributed by atoms with van der Waals surface area (Å²) in [5.74, 6) is 0.801. The summed E-state index contributed by atoms with van der Waals surface area (Å²) in [5.41, 5.74) is 7.40. The van der Waals surface area contributed by atoms with Gasteiger partial charge in [0.15, 0.2) is 0 Å². The Bertz CT molecular complexity index is 422. The molecule has 2 heterocycles. The van der Waals surface area contributed by atoms with E-state index in [1.165, 1.54) is 0 Å². The van der Waals surface area contributed by atoms with Gasteiger partial charge in [0, 0.05) is 25.3 Å². The van der Waals surface area contributed by atoms with Gasteiger partial charge in [0.25, 0.3) is 0 Å². The summed E-state index contributed by atoms with van der Waals surface area (Å²) in [5, 5.41) is 9.17. The van der Waals surface area contributed by atoms with Crippen LogP contribution in [-0.2, 0) is 0 Å². The summed E-state index contributed by atoms with van der Waals surface area (Å²) in [7, 11) is 0. The normalized spacial score (nSPS) is 19.8. The third-order valence-electron chi connectivity index (χ3n) is 3.17. The fourth-order valence-electron chi connectivity index (χ4n) is 2.26. The molecule has 0 aromatic carbocycles. The van der Waals surface area contributed by atoms with Crippen molar-refractivity contribution in [2.24, 2.45) is 5.73 Å². The first kappa shape index (κ1) is 10.9. The van der Waals surface area contributed by atoms with E-state index in [1.807, 2.05) is 13.0 Å². The van der Waals surface area contributed by atoms with Crippen LogP contribution < -0.4 is 10.6 Å². The van der Waals surface area contributed by atoms with E-state index in [0.717, 1.165) is 30.8 Å². The highest BCUT2D eigenvalue weighted by Crippen LogP contribution is 2.27. The monoisotopic (exact) mass is 216 g/mol. The molecule has 0 spiro atoms. The van der Waals surface area contributed by atoms with Crippen molar-refractivity contribution in [3.63, 3.8) is 0 Å². The fraction of sp³-hybridized carbons (Fsp3) is 0.500. The largest absolute Gasteiger partial charge is 0.351 e. The van der Waals surface area contributed by atoms with Gasteiger partial charge in [0.2, 0.25) is 0 Å². The number of nitrogens with two attached hydrogens (primary N) is 1. The van der Waals surface area contributed by atoms with Crippen molar-refractivity contribution in [1.29, 1.82) is 5.26 Å². The molecule has 1 saturated heterocycles. The molecule has 84 valence electrons. The van der Waals surface area contributed by atoms with E-state index < -0.39 is 0 Å². The van der Waals surface area contributed by atoms with Crippen molar-refractivity contribution in [2.45, 2.75) is 25.8 Å². The summed E-state index contributed by atoms with van der Waals surface area (Å²) in [4.78, 5) is 6.51. The van der Waals surface area contributed by atoms with Crippen molar-refractivity contribution >= 4 is 5.82 Å². The number of rotatable bonds is 2. The first-order chi connectivity index (χ1) is 7.77. The molecule has 1 aromatic rings. The average molecular weight is 216 g/mol. The van der Waals surface area contributed by atoms with Gasteiger partial charge in [-0.15, -0.1) is 0 Å². The lowest BCUT2D eigenvalue weighted by Gasteiger charge is -2.25. The molecule has 0 bridgehead atoms. The van der Waals surface area contributed by atoms with Gasteiger partial charge in [0.1, 0.15) is 11.9 Å². The van der Waals surface area contributed by atoms with E-state index in [0.29, 0.717) is 18.2 Å². The molecule has 1 aromatic heterocycles. The van der Waals surface area contributed by atoms with E-state index in [4.69, 9.17) is 5.73 Å². The molecule has 4 heteroatoms. The van der Waals surface area contributed by atoms with Crippen LogP contribution in [0.15, 0.2) is 12.3 Å². The van der Waals surface area contributed by atoms with E-state index >= 15 is 0 Å². The van der Waals surface area contributed by atoms with Gasteiger partial charge in [-0.3, -0.25) is 0 Å². The van der Waals surface area contributed by atoms with Gasteiger partial charge >= 0.3 is 0 Å². The standard InChI is InChI=1S/C12H16N4/c1-9-4-5-15-12(11(9)8-14)16-6-2-3-10(16)7-13/h4-5,10H,2-3,6-7,13H2,1H3. The fourth-order valence-corrected chi connectivity index (χ4v) is 2.26. The Morgan fingerprint density at radius 3 is 3.19 bits per heavy atom. The summed E-state index contributed by atoms with van der Waals surface area (Å²) in [6.07, 6.45) is 3.98. The van der Waals surface area contributed by atoms with Gasteiger partial charge in [-0.25, -0.2) is 4.98 Å². The Labute approximate surface area is 95.7 Å². The lowest BCUT2D eigenvalue weighted by molar-refractivity contribution is 0.670. The molecule has 0 radical (unpaired) electrons. The smallest absolute Gasteiger partial charge is 0.147 e. The minimum absolute atomic E-state index is 0.335. The first-order valence-corrected chi connectivity index (χ1v) is 5.60. The molecule has 1 aliphatic rings. The van der Waals surface area contributed by atoms with Crippen LogP contribution in [0.1, 0.15) is 24.0 Å². The number of aryl methyl sites for hydroxylation is 1. The highest BCUT2D eigenvalue weighted by molar-refractivity contribution is 5.58. The minimum atomic E-state index is 0.335. The van der Waals surface area contributed by atoms with E-state index in [1.54, 1.807) is 6.20 Å². The number of hydrogen-bond donors (Lipinski definition) is 1. The van der Waals surface area contributed by atoms with Crippen molar-refractivity contribution < 1.29 is 0 Å². The maximum Gasteiger partial charge on any atom is 0.147 e. The molecular weight excluding hydrogens is 200 g/mol. The Balaban J connectivity index is 2.40. The SMILES string of the molecule is Cc1ccnc(N2CCCC2CN)c1C#N. The van der Waals surface area contributed by atoms with Gasteiger partial charge < -0.3 is 10.6 Å². The third kappa shape index (κ3) is 1.74. The Hall–Kier alpha value is -1.60. The van der Waals surface area contributed by atoms with Gasteiger partial charge in [-0.2, -0.15) is 5.26 Å². The molecule has 4 nitrogen and oxygen atoms in total. The van der Waals surface area contributed by atoms with Gasteiger partial charge in [-0.1, -0.05) is 0 Å². The number of anilines is 1. The summed E-state index contributed by atoms with van der Waals surface area (Å²) in [6, 6.07) is 4.45. The average Bonchev–Trinajstić information content (AvgIpc) is 2.76. The zero-order valence-electron chi connectivity index (χ0n) is 9.48. The molecule has 1 aliphatic heterocycles. The minimum Gasteiger partial charge on any atom is -0.351 e. The van der Waals surface area contributed by atoms with Gasteiger partial charge in [-0.05, 0) is 31.4 Å². The Morgan fingerprint density at radius 2 is 2.50 bits per heavy atom. The van der Waals surface area contributed by atoms with Crippen molar-refractivity contribution in [1.82, 2.24) is 4.98 Å². The Morgan fingerprint density at radius 1 is 1.69 bits per heavy atom. The molecule has 16 heavy (non-hydrogen) atoms. The molecule has 0 amide bonds. The maximum absolute atomic E-state index is 9.17. The number of hydrogen-bond acceptors (Lipinski definition) is 4. The lowest BCUT2D eigenvalue weighted by atomic mass is 10.1. The van der Waals surface area contributed by atoms with Crippen LogP contribution in [0, 0.1) is 18.3 Å². The molecule has 0 saturated carbocycles.